The lowest BCUT2D eigenvalue weighted by Gasteiger charge is -2.67. The lowest BCUT2D eigenvalue weighted by atomic mass is 9.44. The van der Waals surface area contributed by atoms with Crippen molar-refractivity contribution in [3.63, 3.8) is 0 Å². The molecular formula is C35H53NO14Si. The molecule has 15 nitrogen and oxygen atoms in total. The van der Waals surface area contributed by atoms with Crippen molar-refractivity contribution in [2.75, 3.05) is 6.61 Å². The fraction of sp³-hybridized carbons (Fsp3) is 0.771. The number of amides is 1. The molecule has 51 heavy (non-hydrogen) atoms. The molecule has 1 saturated heterocycles. The minimum absolute atomic E-state index is 0.0874. The maximum absolute atomic E-state index is 15.1. The maximum atomic E-state index is 15.1. The maximum Gasteiger partial charge on any atom is 0.336 e. The quantitative estimate of drug-likeness (QED) is 0.133. The van der Waals surface area contributed by atoms with E-state index in [0.29, 0.717) is 0 Å². The summed E-state index contributed by atoms with van der Waals surface area (Å²) in [6, 6.07) is -0.823. The van der Waals surface area contributed by atoms with Gasteiger partial charge in [0.1, 0.15) is 23.9 Å². The van der Waals surface area contributed by atoms with Crippen LogP contribution in [-0.2, 0) is 56.9 Å². The predicted octanol–water partition coefficient (Wildman–Crippen LogP) is 1.65. The van der Waals surface area contributed by atoms with E-state index in [9.17, 15) is 34.2 Å². The van der Waals surface area contributed by atoms with Crippen LogP contribution >= 0.6 is 0 Å². The first-order valence-electron chi connectivity index (χ1n) is 17.2. The van der Waals surface area contributed by atoms with Gasteiger partial charge in [-0.15, -0.1) is 0 Å². The van der Waals surface area contributed by atoms with E-state index in [-0.39, 0.29) is 24.2 Å². The van der Waals surface area contributed by atoms with Crippen LogP contribution in [0.15, 0.2) is 11.1 Å². The number of aliphatic hydroxyl groups excluding tert-OH is 1. The first-order valence-corrected chi connectivity index (χ1v) is 20.6. The average molecular weight is 740 g/mol. The molecule has 0 aromatic rings. The fourth-order valence-corrected chi connectivity index (χ4v) is 9.84. The molecule has 4 aliphatic rings. The SMILES string of the molecule is CC(=O)N[C@@H](C)[C@@H](O[Si](C)(C)C)C(=O)O[C@H]1C[C@@]2(O)[C@@H](OC(C)=O)[C@@H]3[C@]4(OC(C)=O)CO[C@@H]4C[C@H](O)[C@@]3(C)C(=O)[C@H](OC(C)=O)C(=C1C)C2(C)C. The van der Waals surface area contributed by atoms with E-state index in [2.05, 4.69) is 5.32 Å². The molecular weight excluding hydrogens is 686 g/mol. The number of ketones is 1. The molecule has 1 heterocycles. The number of carbonyl (C=O) groups excluding carboxylic acids is 6. The second kappa shape index (κ2) is 13.7. The average Bonchev–Trinajstić information content (AvgIpc) is 2.96. The molecule has 0 aromatic carbocycles. The van der Waals surface area contributed by atoms with Gasteiger partial charge in [0.05, 0.1) is 30.1 Å². The lowest BCUT2D eigenvalue weighted by molar-refractivity contribution is -0.347. The topological polar surface area (TPSA) is 210 Å². The molecule has 1 amide bonds. The van der Waals surface area contributed by atoms with E-state index >= 15 is 4.79 Å². The summed E-state index contributed by atoms with van der Waals surface area (Å²) < 4.78 is 35.8. The molecule has 4 rings (SSSR count). The largest absolute Gasteiger partial charge is 0.459 e. The number of nitrogens with one attached hydrogen (secondary N) is 1. The van der Waals surface area contributed by atoms with Crippen LogP contribution < -0.4 is 5.32 Å². The Morgan fingerprint density at radius 3 is 2.02 bits per heavy atom. The Labute approximate surface area is 299 Å². The van der Waals surface area contributed by atoms with E-state index in [1.807, 2.05) is 19.6 Å². The predicted molar refractivity (Wildman–Crippen MR) is 180 cm³/mol. The van der Waals surface area contributed by atoms with Crippen molar-refractivity contribution in [2.45, 2.75) is 149 Å². The first-order chi connectivity index (χ1) is 23.2. The molecule has 286 valence electrons. The zero-order valence-corrected chi connectivity index (χ0v) is 32.5. The number of carbonyl (C=O) groups is 6. The van der Waals surface area contributed by atoms with Crippen molar-refractivity contribution in [3.05, 3.63) is 11.1 Å². The molecule has 1 aliphatic heterocycles. The summed E-state index contributed by atoms with van der Waals surface area (Å²) in [5, 5.41) is 27.7. The van der Waals surface area contributed by atoms with Crippen molar-refractivity contribution < 1.29 is 67.1 Å². The Hall–Kier alpha value is -3.18. The molecule has 0 spiro atoms. The van der Waals surface area contributed by atoms with Crippen molar-refractivity contribution in [1.29, 1.82) is 0 Å². The highest BCUT2D eigenvalue weighted by Gasteiger charge is 2.78. The highest BCUT2D eigenvalue weighted by Crippen LogP contribution is 2.64. The minimum Gasteiger partial charge on any atom is -0.459 e. The van der Waals surface area contributed by atoms with E-state index in [1.165, 1.54) is 20.8 Å². The standard InChI is InChI=1S/C35H53NO14Si/c1-16-22(48-31(43)26(50-51(10,11)12)17(2)36-18(3)37)14-35(44)30(47-20(5)39)28-33(9,23(41)13-24-34(28,15-45-24)49-21(6)40)29(42)27(46-19(4)38)25(16)32(35,7)8/h17,22-24,26-28,30,41,44H,13-15H2,1-12H3,(H,36,37)/t17-,22-,23-,24+,26+,27+,28-,30-,33+,34-,35+/m0/s1. The Morgan fingerprint density at radius 1 is 0.961 bits per heavy atom. The first kappa shape index (κ1) is 40.6. The summed E-state index contributed by atoms with van der Waals surface area (Å²) in [6.45, 7) is 17.8. The Kier molecular flexibility index (Phi) is 10.9. The number of hydrogen-bond acceptors (Lipinski definition) is 14. The molecule has 0 unspecified atom stereocenters. The Bertz CT molecular complexity index is 1520. The van der Waals surface area contributed by atoms with Gasteiger partial charge in [-0.2, -0.15) is 0 Å². The van der Waals surface area contributed by atoms with Crippen LogP contribution in [0, 0.1) is 16.7 Å². The van der Waals surface area contributed by atoms with Gasteiger partial charge in [0.15, 0.2) is 31.9 Å². The van der Waals surface area contributed by atoms with Crippen LogP contribution in [0.3, 0.4) is 0 Å². The summed E-state index contributed by atoms with van der Waals surface area (Å²) >= 11 is 0. The van der Waals surface area contributed by atoms with E-state index in [1.54, 1.807) is 27.7 Å². The van der Waals surface area contributed by atoms with Crippen LogP contribution in [0.1, 0.15) is 75.2 Å². The molecule has 16 heteroatoms. The van der Waals surface area contributed by atoms with Crippen molar-refractivity contribution >= 4 is 43.9 Å². The molecule has 2 bridgehead atoms. The Morgan fingerprint density at radius 2 is 1.55 bits per heavy atom. The van der Waals surface area contributed by atoms with Crippen molar-refractivity contribution in [1.82, 2.24) is 5.32 Å². The zero-order chi connectivity index (χ0) is 38.8. The van der Waals surface area contributed by atoms with Crippen LogP contribution in [0.25, 0.3) is 0 Å². The van der Waals surface area contributed by atoms with Gasteiger partial charge in [-0.1, -0.05) is 13.8 Å². The minimum atomic E-state index is -2.44. The molecule has 11 atom stereocenters. The number of fused-ring (bicyclic) bond motifs is 5. The molecule has 3 N–H and O–H groups in total. The van der Waals surface area contributed by atoms with Gasteiger partial charge in [0.25, 0.3) is 0 Å². The molecule has 2 saturated carbocycles. The van der Waals surface area contributed by atoms with Crippen LogP contribution in [0.4, 0.5) is 0 Å². The second-order valence-electron chi connectivity index (χ2n) is 16.2. The number of ether oxygens (including phenoxy) is 5. The van der Waals surface area contributed by atoms with E-state index < -0.39 is 121 Å². The summed E-state index contributed by atoms with van der Waals surface area (Å²) in [6.07, 6.45) is -8.95. The van der Waals surface area contributed by atoms with Crippen LogP contribution in [0.2, 0.25) is 19.6 Å². The summed E-state index contributed by atoms with van der Waals surface area (Å²) in [5.41, 5.74) is -7.01. The monoisotopic (exact) mass is 739 g/mol. The third-order valence-electron chi connectivity index (χ3n) is 11.1. The number of Topliss-reactive ketones (excluding diaryl/α,β-unsaturated/α-hetero) is 1. The lowest BCUT2D eigenvalue weighted by Crippen LogP contribution is -2.82. The van der Waals surface area contributed by atoms with Gasteiger partial charge >= 0.3 is 23.9 Å². The van der Waals surface area contributed by atoms with E-state index in [0.717, 1.165) is 13.8 Å². The van der Waals surface area contributed by atoms with Gasteiger partial charge in [0.2, 0.25) is 5.91 Å². The third kappa shape index (κ3) is 6.89. The Balaban J connectivity index is 2.02. The molecule has 0 radical (unpaired) electrons. The van der Waals surface area contributed by atoms with Crippen LogP contribution in [0.5, 0.6) is 0 Å². The van der Waals surface area contributed by atoms with Crippen LogP contribution in [-0.4, -0.2) is 115 Å². The smallest absolute Gasteiger partial charge is 0.336 e. The van der Waals surface area contributed by atoms with Gasteiger partial charge in [-0.25, -0.2) is 4.79 Å². The fourth-order valence-electron chi connectivity index (χ4n) is 8.78. The van der Waals surface area contributed by atoms with Gasteiger partial charge in [0, 0.05) is 46.0 Å². The number of aliphatic hydroxyl groups is 2. The highest BCUT2D eigenvalue weighted by atomic mass is 28.4. The zero-order valence-electron chi connectivity index (χ0n) is 31.5. The summed E-state index contributed by atoms with van der Waals surface area (Å²) in [5.74, 6) is -5.94. The van der Waals surface area contributed by atoms with E-state index in [4.69, 9.17) is 28.1 Å². The van der Waals surface area contributed by atoms with Crippen molar-refractivity contribution in [2.24, 2.45) is 16.7 Å². The van der Waals surface area contributed by atoms with Gasteiger partial charge < -0.3 is 43.6 Å². The molecule has 0 aromatic heterocycles. The second-order valence-corrected chi connectivity index (χ2v) is 20.6. The summed E-state index contributed by atoms with van der Waals surface area (Å²) in [4.78, 5) is 79.6. The number of hydrogen-bond donors (Lipinski definition) is 3. The van der Waals surface area contributed by atoms with Gasteiger partial charge in [-0.05, 0) is 51.6 Å². The highest BCUT2D eigenvalue weighted by molar-refractivity contribution is 6.69. The number of esters is 4. The number of rotatable bonds is 9. The normalized spacial score (nSPS) is 36.8. The van der Waals surface area contributed by atoms with Crippen molar-refractivity contribution in [3.8, 4) is 0 Å². The summed E-state index contributed by atoms with van der Waals surface area (Å²) in [7, 11) is -2.44. The van der Waals surface area contributed by atoms with Gasteiger partial charge in [-0.3, -0.25) is 24.0 Å². The third-order valence-corrected chi connectivity index (χ3v) is 12.0. The molecule has 3 fully saturated rings. The molecule has 3 aliphatic carbocycles.